The molecular weight excluding hydrogens is 168 g/mol. The second-order valence-electron chi connectivity index (χ2n) is 5.56. The molecule has 0 heteroatoms. The average molecular weight is 190 g/mol. The molecule has 0 radical (unpaired) electrons. The van der Waals surface area contributed by atoms with Gasteiger partial charge in [0.2, 0.25) is 0 Å². The molecule has 1 atom stereocenters. The highest BCUT2D eigenvalue weighted by Crippen LogP contribution is 2.26. The van der Waals surface area contributed by atoms with Crippen LogP contribution in [0.4, 0.5) is 0 Å². The van der Waals surface area contributed by atoms with E-state index >= 15 is 0 Å². The summed E-state index contributed by atoms with van der Waals surface area (Å²) < 4.78 is 0. The summed E-state index contributed by atoms with van der Waals surface area (Å²) in [4.78, 5) is 0. The molecule has 0 amide bonds. The van der Waals surface area contributed by atoms with Crippen molar-refractivity contribution in [2.24, 2.45) is 11.3 Å². The van der Waals surface area contributed by atoms with E-state index in [1.807, 2.05) is 0 Å². The molecule has 0 saturated heterocycles. The summed E-state index contributed by atoms with van der Waals surface area (Å²) in [6.07, 6.45) is 2.50. The van der Waals surface area contributed by atoms with E-state index in [1.54, 1.807) is 0 Å². The standard InChI is InChI=1S/C14H22/c1-12(11-14(2,3)4)10-13-8-6-5-7-9-13/h5-9,12H,10-11H2,1-4H3/t12-/m0/s1. The third kappa shape index (κ3) is 4.45. The Kier molecular flexibility index (Phi) is 3.74. The summed E-state index contributed by atoms with van der Waals surface area (Å²) in [5, 5.41) is 0. The predicted molar refractivity (Wildman–Crippen MR) is 63.4 cm³/mol. The molecule has 0 aliphatic carbocycles. The minimum Gasteiger partial charge on any atom is -0.0622 e. The fraction of sp³-hybridized carbons (Fsp3) is 0.571. The second-order valence-corrected chi connectivity index (χ2v) is 5.56. The van der Waals surface area contributed by atoms with Gasteiger partial charge in [0.1, 0.15) is 0 Å². The van der Waals surface area contributed by atoms with Crippen molar-refractivity contribution in [2.45, 2.75) is 40.5 Å². The molecule has 0 heterocycles. The number of hydrogen-bond donors (Lipinski definition) is 0. The molecule has 0 saturated carbocycles. The molecule has 0 aliphatic heterocycles. The molecule has 0 nitrogen and oxygen atoms in total. The van der Waals surface area contributed by atoms with E-state index in [0.29, 0.717) is 5.41 Å². The molecule has 0 fully saturated rings. The van der Waals surface area contributed by atoms with Crippen LogP contribution in [0.25, 0.3) is 0 Å². The minimum atomic E-state index is 0.453. The molecule has 1 aromatic rings. The van der Waals surface area contributed by atoms with Crippen molar-refractivity contribution < 1.29 is 0 Å². The maximum atomic E-state index is 2.35. The van der Waals surface area contributed by atoms with Crippen LogP contribution in [0.5, 0.6) is 0 Å². The zero-order valence-corrected chi connectivity index (χ0v) is 9.88. The summed E-state index contributed by atoms with van der Waals surface area (Å²) in [5.74, 6) is 0.775. The summed E-state index contributed by atoms with van der Waals surface area (Å²) in [6.45, 7) is 9.29. The van der Waals surface area contributed by atoms with Crippen LogP contribution in [0.2, 0.25) is 0 Å². The Balaban J connectivity index is 2.46. The SMILES string of the molecule is C[C@@H](Cc1ccccc1)CC(C)(C)C. The largest absolute Gasteiger partial charge is 0.0622 e. The minimum absolute atomic E-state index is 0.453. The van der Waals surface area contributed by atoms with Crippen molar-refractivity contribution in [3.05, 3.63) is 35.9 Å². The Morgan fingerprint density at radius 1 is 1.07 bits per heavy atom. The van der Waals surface area contributed by atoms with Gasteiger partial charge in [-0.05, 0) is 29.7 Å². The van der Waals surface area contributed by atoms with E-state index in [4.69, 9.17) is 0 Å². The first-order valence-electron chi connectivity index (χ1n) is 5.51. The highest BCUT2D eigenvalue weighted by Gasteiger charge is 2.15. The average Bonchev–Trinajstić information content (AvgIpc) is 2.02. The maximum Gasteiger partial charge on any atom is -0.0253 e. The Bertz CT molecular complexity index is 253. The van der Waals surface area contributed by atoms with Gasteiger partial charge in [-0.3, -0.25) is 0 Å². The van der Waals surface area contributed by atoms with Gasteiger partial charge < -0.3 is 0 Å². The fourth-order valence-electron chi connectivity index (χ4n) is 2.13. The molecule has 0 aliphatic rings. The van der Waals surface area contributed by atoms with Crippen LogP contribution in [0.3, 0.4) is 0 Å². The van der Waals surface area contributed by atoms with Gasteiger partial charge >= 0.3 is 0 Å². The lowest BCUT2D eigenvalue weighted by Crippen LogP contribution is -2.12. The number of rotatable bonds is 3. The van der Waals surface area contributed by atoms with Crippen LogP contribution in [0, 0.1) is 11.3 Å². The van der Waals surface area contributed by atoms with Gasteiger partial charge in [0, 0.05) is 0 Å². The van der Waals surface area contributed by atoms with E-state index in [2.05, 4.69) is 58.0 Å². The first kappa shape index (κ1) is 11.3. The second kappa shape index (κ2) is 4.63. The van der Waals surface area contributed by atoms with Crippen LogP contribution in [-0.2, 0) is 6.42 Å². The molecule has 0 N–H and O–H groups in total. The van der Waals surface area contributed by atoms with Gasteiger partial charge in [-0.2, -0.15) is 0 Å². The smallest absolute Gasteiger partial charge is 0.0253 e. The van der Waals surface area contributed by atoms with Crippen LogP contribution >= 0.6 is 0 Å². The normalized spacial score (nSPS) is 14.0. The molecule has 0 aromatic heterocycles. The van der Waals surface area contributed by atoms with Crippen molar-refractivity contribution in [2.75, 3.05) is 0 Å². The lowest BCUT2D eigenvalue weighted by molar-refractivity contribution is 0.306. The van der Waals surface area contributed by atoms with Gasteiger partial charge in [0.15, 0.2) is 0 Å². The quantitative estimate of drug-likeness (QED) is 0.666. The molecule has 14 heavy (non-hydrogen) atoms. The van der Waals surface area contributed by atoms with E-state index in [9.17, 15) is 0 Å². The van der Waals surface area contributed by atoms with Crippen molar-refractivity contribution in [1.82, 2.24) is 0 Å². The molecule has 0 unspecified atom stereocenters. The van der Waals surface area contributed by atoms with Crippen LogP contribution in [-0.4, -0.2) is 0 Å². The molecule has 1 aromatic carbocycles. The topological polar surface area (TPSA) is 0 Å². The summed E-state index contributed by atoms with van der Waals surface area (Å²) >= 11 is 0. The van der Waals surface area contributed by atoms with Crippen LogP contribution < -0.4 is 0 Å². The summed E-state index contributed by atoms with van der Waals surface area (Å²) in [6, 6.07) is 10.8. The van der Waals surface area contributed by atoms with Crippen LogP contribution in [0.15, 0.2) is 30.3 Å². The van der Waals surface area contributed by atoms with Crippen molar-refractivity contribution in [3.63, 3.8) is 0 Å². The van der Waals surface area contributed by atoms with Crippen molar-refractivity contribution >= 4 is 0 Å². The van der Waals surface area contributed by atoms with E-state index in [-0.39, 0.29) is 0 Å². The van der Waals surface area contributed by atoms with Crippen LogP contribution in [0.1, 0.15) is 39.7 Å². The fourth-order valence-corrected chi connectivity index (χ4v) is 2.13. The van der Waals surface area contributed by atoms with E-state index < -0.39 is 0 Å². The summed E-state index contributed by atoms with van der Waals surface area (Å²) in [5.41, 5.74) is 1.91. The van der Waals surface area contributed by atoms with Gasteiger partial charge in [0.25, 0.3) is 0 Å². The van der Waals surface area contributed by atoms with Crippen molar-refractivity contribution in [1.29, 1.82) is 0 Å². The zero-order valence-electron chi connectivity index (χ0n) is 9.88. The Morgan fingerprint density at radius 2 is 1.64 bits per heavy atom. The van der Waals surface area contributed by atoms with Crippen molar-refractivity contribution in [3.8, 4) is 0 Å². The molecule has 1 rings (SSSR count). The first-order valence-corrected chi connectivity index (χ1v) is 5.51. The molecular formula is C14H22. The summed E-state index contributed by atoms with van der Waals surface area (Å²) in [7, 11) is 0. The predicted octanol–water partition coefficient (Wildman–Crippen LogP) is 4.30. The molecule has 78 valence electrons. The number of hydrogen-bond acceptors (Lipinski definition) is 0. The van der Waals surface area contributed by atoms with Gasteiger partial charge in [0.05, 0.1) is 0 Å². The lowest BCUT2D eigenvalue weighted by atomic mass is 9.83. The van der Waals surface area contributed by atoms with Gasteiger partial charge in [-0.15, -0.1) is 0 Å². The Hall–Kier alpha value is -0.780. The third-order valence-electron chi connectivity index (χ3n) is 2.39. The van der Waals surface area contributed by atoms with Gasteiger partial charge in [-0.1, -0.05) is 58.0 Å². The maximum absolute atomic E-state index is 2.35. The van der Waals surface area contributed by atoms with E-state index in [0.717, 1.165) is 5.92 Å². The Morgan fingerprint density at radius 3 is 2.14 bits per heavy atom. The monoisotopic (exact) mass is 190 g/mol. The molecule has 0 spiro atoms. The highest BCUT2D eigenvalue weighted by atomic mass is 14.2. The first-order chi connectivity index (χ1) is 6.47. The zero-order chi connectivity index (χ0) is 10.6. The van der Waals surface area contributed by atoms with E-state index in [1.165, 1.54) is 18.4 Å². The lowest BCUT2D eigenvalue weighted by Gasteiger charge is -2.23. The number of benzene rings is 1. The van der Waals surface area contributed by atoms with Gasteiger partial charge in [-0.25, -0.2) is 0 Å². The highest BCUT2D eigenvalue weighted by molar-refractivity contribution is 5.15. The third-order valence-corrected chi connectivity index (χ3v) is 2.39. The molecule has 0 bridgehead atoms. The Labute approximate surface area is 88.4 Å².